The minimum Gasteiger partial charge on any atom is -0.449 e. The predicted octanol–water partition coefficient (Wildman–Crippen LogP) is 3.99. The third-order valence-electron chi connectivity index (χ3n) is 3.46. The Morgan fingerprint density at radius 3 is 2.14 bits per heavy atom. The molecule has 28 heavy (non-hydrogen) atoms. The maximum atomic E-state index is 12.2. The lowest BCUT2D eigenvalue weighted by Gasteiger charge is -2.14. The summed E-state index contributed by atoms with van der Waals surface area (Å²) in [6, 6.07) is 6.63. The normalized spacial score (nSPS) is 11.4. The molecule has 0 heterocycles. The molecule has 0 saturated carbocycles. The molecular weight excluding hydrogens is 417 g/mol. The number of hydrogen-bond donors (Lipinski definition) is 1. The first-order valence-corrected chi connectivity index (χ1v) is 8.25. The lowest BCUT2D eigenvalue weighted by Crippen LogP contribution is -2.30. The maximum Gasteiger partial charge on any atom is 0.340 e. The highest BCUT2D eigenvalue weighted by Crippen LogP contribution is 2.27. The number of anilines is 1. The Bertz CT molecular complexity index is 981. The topological polar surface area (TPSA) is 142 Å². The van der Waals surface area contributed by atoms with Gasteiger partial charge < -0.3 is 10.1 Å². The van der Waals surface area contributed by atoms with Crippen LogP contribution in [0.1, 0.15) is 17.3 Å². The number of rotatable bonds is 6. The molecule has 1 amide bonds. The molecule has 2 rings (SSSR count). The number of non-ortho nitro benzene ring substituents is 2. The van der Waals surface area contributed by atoms with Crippen LogP contribution in [0.15, 0.2) is 36.4 Å². The molecule has 0 saturated heterocycles. The van der Waals surface area contributed by atoms with Crippen LogP contribution in [0.5, 0.6) is 0 Å². The first-order chi connectivity index (χ1) is 13.1. The summed E-state index contributed by atoms with van der Waals surface area (Å²) in [7, 11) is 0. The summed E-state index contributed by atoms with van der Waals surface area (Å²) in [4.78, 5) is 44.5. The number of carbonyl (C=O) groups is 2. The van der Waals surface area contributed by atoms with Crippen molar-refractivity contribution in [1.29, 1.82) is 0 Å². The lowest BCUT2D eigenvalue weighted by molar-refractivity contribution is -0.385. The average Bonchev–Trinajstić information content (AvgIpc) is 2.63. The molecule has 0 aliphatic carbocycles. The van der Waals surface area contributed by atoms with Gasteiger partial charge in [-0.25, -0.2) is 4.79 Å². The Morgan fingerprint density at radius 2 is 1.57 bits per heavy atom. The van der Waals surface area contributed by atoms with E-state index < -0.39 is 27.8 Å². The van der Waals surface area contributed by atoms with Gasteiger partial charge in [0.15, 0.2) is 6.10 Å². The molecule has 0 radical (unpaired) electrons. The summed E-state index contributed by atoms with van der Waals surface area (Å²) in [6.45, 7) is 1.26. The van der Waals surface area contributed by atoms with Gasteiger partial charge in [0.1, 0.15) is 0 Å². The summed E-state index contributed by atoms with van der Waals surface area (Å²) >= 11 is 11.7. The van der Waals surface area contributed by atoms with Crippen molar-refractivity contribution in [3.63, 3.8) is 0 Å². The van der Waals surface area contributed by atoms with Crippen LogP contribution in [0, 0.1) is 20.2 Å². The number of halogens is 2. The molecule has 10 nitrogen and oxygen atoms in total. The number of nitrogens with zero attached hydrogens (tertiary/aromatic N) is 2. The van der Waals surface area contributed by atoms with E-state index in [1.54, 1.807) is 0 Å². The van der Waals surface area contributed by atoms with E-state index in [1.165, 1.54) is 13.0 Å². The molecule has 0 aromatic heterocycles. The number of nitro benzene ring substituents is 2. The van der Waals surface area contributed by atoms with Crippen LogP contribution in [0.3, 0.4) is 0 Å². The van der Waals surface area contributed by atoms with E-state index in [-0.39, 0.29) is 32.7 Å². The van der Waals surface area contributed by atoms with E-state index in [4.69, 9.17) is 27.9 Å². The number of carbonyl (C=O) groups excluding carboxylic acids is 2. The molecule has 146 valence electrons. The van der Waals surface area contributed by atoms with Crippen molar-refractivity contribution in [2.45, 2.75) is 13.0 Å². The highest BCUT2D eigenvalue weighted by molar-refractivity contribution is 6.34. The van der Waals surface area contributed by atoms with Gasteiger partial charge in [-0.2, -0.15) is 0 Å². The van der Waals surface area contributed by atoms with Crippen LogP contribution in [-0.4, -0.2) is 27.8 Å². The fraction of sp³-hybridized carbons (Fsp3) is 0.125. The summed E-state index contributed by atoms with van der Waals surface area (Å²) in [5, 5.41) is 23.7. The molecule has 1 atom stereocenters. The fourth-order valence-corrected chi connectivity index (χ4v) is 2.43. The smallest absolute Gasteiger partial charge is 0.340 e. The summed E-state index contributed by atoms with van der Waals surface area (Å²) < 4.78 is 4.98. The number of benzene rings is 2. The van der Waals surface area contributed by atoms with E-state index in [9.17, 15) is 29.8 Å². The molecule has 1 N–H and O–H groups in total. The zero-order chi connectivity index (χ0) is 21.0. The summed E-state index contributed by atoms with van der Waals surface area (Å²) in [5.74, 6) is -1.81. The molecule has 2 aromatic rings. The van der Waals surface area contributed by atoms with Gasteiger partial charge in [-0.15, -0.1) is 0 Å². The van der Waals surface area contributed by atoms with Crippen molar-refractivity contribution in [2.75, 3.05) is 5.32 Å². The highest BCUT2D eigenvalue weighted by atomic mass is 35.5. The van der Waals surface area contributed by atoms with E-state index in [2.05, 4.69) is 5.32 Å². The molecule has 12 heteroatoms. The number of nitro groups is 2. The number of nitrogens with one attached hydrogen (secondary N) is 1. The van der Waals surface area contributed by atoms with Gasteiger partial charge in [-0.1, -0.05) is 23.2 Å². The van der Waals surface area contributed by atoms with Gasteiger partial charge in [0.2, 0.25) is 0 Å². The van der Waals surface area contributed by atoms with Gasteiger partial charge in [-0.3, -0.25) is 25.0 Å². The van der Waals surface area contributed by atoms with Crippen LogP contribution >= 0.6 is 23.2 Å². The monoisotopic (exact) mass is 427 g/mol. The van der Waals surface area contributed by atoms with Crippen LogP contribution < -0.4 is 5.32 Å². The van der Waals surface area contributed by atoms with Crippen molar-refractivity contribution < 1.29 is 24.2 Å². The number of amides is 1. The van der Waals surface area contributed by atoms with Crippen molar-refractivity contribution in [3.05, 3.63) is 72.2 Å². The average molecular weight is 428 g/mol. The SMILES string of the molecule is CC(OC(=O)c1cc([N+](=O)[O-])ccc1Cl)C(=O)Nc1ccc([N+](=O)[O-])cc1Cl. The Kier molecular flexibility index (Phi) is 6.49. The highest BCUT2D eigenvalue weighted by Gasteiger charge is 2.23. The van der Waals surface area contributed by atoms with Gasteiger partial charge in [0.25, 0.3) is 17.3 Å². The quantitative estimate of drug-likeness (QED) is 0.416. The summed E-state index contributed by atoms with van der Waals surface area (Å²) in [6.07, 6.45) is -1.31. The zero-order valence-corrected chi connectivity index (χ0v) is 15.6. The maximum absolute atomic E-state index is 12.2. The van der Waals surface area contributed by atoms with Crippen LogP contribution in [-0.2, 0) is 9.53 Å². The van der Waals surface area contributed by atoms with Crippen molar-refractivity contribution >= 4 is 52.1 Å². The fourth-order valence-electron chi connectivity index (χ4n) is 2.01. The molecule has 0 aliphatic rings. The lowest BCUT2D eigenvalue weighted by atomic mass is 10.2. The number of hydrogen-bond acceptors (Lipinski definition) is 7. The second kappa shape index (κ2) is 8.63. The molecular formula is C16H11Cl2N3O7. The Morgan fingerprint density at radius 1 is 1.00 bits per heavy atom. The zero-order valence-electron chi connectivity index (χ0n) is 14.0. The third-order valence-corrected chi connectivity index (χ3v) is 4.10. The molecule has 2 aromatic carbocycles. The second-order valence-corrected chi connectivity index (χ2v) is 6.19. The first kappa shape index (κ1) is 21.1. The Labute approximate surface area is 167 Å². The van der Waals surface area contributed by atoms with Crippen LogP contribution in [0.25, 0.3) is 0 Å². The van der Waals surface area contributed by atoms with Gasteiger partial charge in [0, 0.05) is 24.3 Å². The van der Waals surface area contributed by atoms with Crippen molar-refractivity contribution in [1.82, 2.24) is 0 Å². The van der Waals surface area contributed by atoms with Gasteiger partial charge >= 0.3 is 5.97 Å². The number of ether oxygens (including phenoxy) is 1. The van der Waals surface area contributed by atoms with Crippen molar-refractivity contribution in [2.24, 2.45) is 0 Å². The Balaban J connectivity index is 2.10. The largest absolute Gasteiger partial charge is 0.449 e. The molecule has 0 bridgehead atoms. The number of esters is 1. The third kappa shape index (κ3) is 4.93. The van der Waals surface area contributed by atoms with E-state index in [0.717, 1.165) is 30.3 Å². The van der Waals surface area contributed by atoms with E-state index in [0.29, 0.717) is 0 Å². The molecule has 0 aliphatic heterocycles. The molecule has 1 unspecified atom stereocenters. The second-order valence-electron chi connectivity index (χ2n) is 5.38. The predicted molar refractivity (Wildman–Crippen MR) is 99.7 cm³/mol. The molecule has 0 fully saturated rings. The molecule has 0 spiro atoms. The van der Waals surface area contributed by atoms with Crippen LogP contribution in [0.2, 0.25) is 10.0 Å². The van der Waals surface area contributed by atoms with Crippen LogP contribution in [0.4, 0.5) is 17.1 Å². The Hall–Kier alpha value is -3.24. The van der Waals surface area contributed by atoms with E-state index >= 15 is 0 Å². The van der Waals surface area contributed by atoms with E-state index in [1.807, 2.05) is 0 Å². The summed E-state index contributed by atoms with van der Waals surface area (Å²) in [5.41, 5.74) is -0.827. The van der Waals surface area contributed by atoms with Crippen molar-refractivity contribution in [3.8, 4) is 0 Å². The minimum absolute atomic E-state index is 0.0774. The minimum atomic E-state index is -1.31. The van der Waals surface area contributed by atoms with Gasteiger partial charge in [-0.05, 0) is 19.1 Å². The standard InChI is InChI=1S/C16H11Cl2N3O7/c1-8(15(22)19-14-5-3-10(21(26)27)7-13(14)18)28-16(23)11-6-9(20(24)25)2-4-12(11)17/h2-8H,1H3,(H,19,22). The van der Waals surface area contributed by atoms with Gasteiger partial charge in [0.05, 0.1) is 31.1 Å². The first-order valence-electron chi connectivity index (χ1n) is 7.50.